The van der Waals surface area contributed by atoms with Gasteiger partial charge in [-0.2, -0.15) is 0 Å². The van der Waals surface area contributed by atoms with Gasteiger partial charge in [0.1, 0.15) is 0 Å². The number of rotatable bonds is 5. The molecule has 0 radical (unpaired) electrons. The average Bonchev–Trinajstić information content (AvgIpc) is 3.92. The molecule has 3 nitrogen and oxygen atoms in total. The third-order valence-electron chi connectivity index (χ3n) is 12.1. The van der Waals surface area contributed by atoms with E-state index < -0.39 is 0 Å². The van der Waals surface area contributed by atoms with Crippen LogP contribution in [0.15, 0.2) is 200 Å². The van der Waals surface area contributed by atoms with Crippen LogP contribution in [0.5, 0.6) is 0 Å². The van der Waals surface area contributed by atoms with Gasteiger partial charge < -0.3 is 13.7 Å². The molecule has 11 aromatic rings. The second-order valence-corrected chi connectivity index (χ2v) is 15.2. The number of para-hydroxylation sites is 5. The van der Waals surface area contributed by atoms with Crippen molar-refractivity contribution in [3.05, 3.63) is 206 Å². The Hall–Kier alpha value is -7.36. The maximum Gasteiger partial charge on any atom is 0.0615 e. The molecule has 3 heterocycles. The summed E-state index contributed by atoms with van der Waals surface area (Å²) in [5.74, 6) is 0. The van der Waals surface area contributed by atoms with Crippen molar-refractivity contribution in [2.45, 2.75) is 12.8 Å². The Morgan fingerprint density at radius 3 is 1.63 bits per heavy atom. The van der Waals surface area contributed by atoms with Gasteiger partial charge in [0.25, 0.3) is 0 Å². The average molecular weight is 728 g/mol. The third kappa shape index (κ3) is 4.73. The summed E-state index contributed by atoms with van der Waals surface area (Å²) in [5.41, 5.74) is 15.8. The highest BCUT2D eigenvalue weighted by Gasteiger charge is 2.24. The summed E-state index contributed by atoms with van der Waals surface area (Å²) in [7, 11) is 0. The first-order valence-corrected chi connectivity index (χ1v) is 19.9. The van der Waals surface area contributed by atoms with E-state index in [0.717, 1.165) is 18.5 Å². The van der Waals surface area contributed by atoms with Gasteiger partial charge in [-0.05, 0) is 72.5 Å². The maximum absolute atomic E-state index is 2.54. The molecule has 0 fully saturated rings. The maximum atomic E-state index is 2.54. The van der Waals surface area contributed by atoms with E-state index in [4.69, 9.17) is 0 Å². The van der Waals surface area contributed by atoms with Gasteiger partial charge >= 0.3 is 0 Å². The number of nitrogens with zero attached hydrogens (tertiary/aromatic N) is 3. The molecule has 0 unspecified atom stereocenters. The van der Waals surface area contributed by atoms with Crippen LogP contribution in [0.25, 0.3) is 99.2 Å². The van der Waals surface area contributed by atoms with Crippen molar-refractivity contribution in [2.75, 3.05) is 0 Å². The first-order chi connectivity index (χ1) is 28.3. The molecular weight excluding hydrogens is 691 g/mol. The van der Waals surface area contributed by atoms with Crippen molar-refractivity contribution in [1.29, 1.82) is 0 Å². The van der Waals surface area contributed by atoms with Crippen LogP contribution in [0, 0.1) is 0 Å². The van der Waals surface area contributed by atoms with Crippen LogP contribution in [0.3, 0.4) is 0 Å². The monoisotopic (exact) mass is 727 g/mol. The molecule has 0 N–H and O–H groups in total. The van der Waals surface area contributed by atoms with Gasteiger partial charge in [0.15, 0.2) is 0 Å². The Morgan fingerprint density at radius 2 is 0.947 bits per heavy atom. The third-order valence-corrected chi connectivity index (χ3v) is 12.1. The Morgan fingerprint density at radius 1 is 0.386 bits per heavy atom. The zero-order valence-electron chi connectivity index (χ0n) is 31.3. The van der Waals surface area contributed by atoms with Gasteiger partial charge in [-0.15, -0.1) is 0 Å². The molecule has 0 saturated heterocycles. The van der Waals surface area contributed by atoms with Crippen LogP contribution >= 0.6 is 0 Å². The lowest BCUT2D eigenvalue weighted by Gasteiger charge is -2.21. The molecule has 268 valence electrons. The first-order valence-electron chi connectivity index (χ1n) is 19.9. The van der Waals surface area contributed by atoms with Gasteiger partial charge in [0.05, 0.1) is 44.5 Å². The fourth-order valence-electron chi connectivity index (χ4n) is 9.71. The smallest absolute Gasteiger partial charge is 0.0615 e. The van der Waals surface area contributed by atoms with E-state index >= 15 is 0 Å². The molecule has 1 aliphatic carbocycles. The second-order valence-electron chi connectivity index (χ2n) is 15.2. The molecule has 0 atom stereocenters. The summed E-state index contributed by atoms with van der Waals surface area (Å²) in [6, 6.07) is 67.0. The van der Waals surface area contributed by atoms with Crippen molar-refractivity contribution < 1.29 is 0 Å². The number of aromatic nitrogens is 3. The van der Waals surface area contributed by atoms with E-state index in [-0.39, 0.29) is 0 Å². The Kier molecular flexibility index (Phi) is 7.05. The summed E-state index contributed by atoms with van der Waals surface area (Å²) in [6.07, 6.45) is 8.86. The fourth-order valence-corrected chi connectivity index (χ4v) is 9.71. The highest BCUT2D eigenvalue weighted by molar-refractivity contribution is 6.17. The van der Waals surface area contributed by atoms with Crippen LogP contribution in [0.2, 0.25) is 0 Å². The number of hydrogen-bond acceptors (Lipinski definition) is 0. The van der Waals surface area contributed by atoms with Crippen LogP contribution in [-0.4, -0.2) is 13.7 Å². The quantitative estimate of drug-likeness (QED) is 0.168. The minimum Gasteiger partial charge on any atom is -0.309 e. The molecule has 0 amide bonds. The molecule has 57 heavy (non-hydrogen) atoms. The Labute approximate surface area is 330 Å². The summed E-state index contributed by atoms with van der Waals surface area (Å²) >= 11 is 0. The van der Waals surface area contributed by atoms with Gasteiger partial charge in [0.2, 0.25) is 0 Å². The van der Waals surface area contributed by atoms with E-state index in [1.165, 1.54) is 99.1 Å². The van der Waals surface area contributed by atoms with Crippen molar-refractivity contribution in [1.82, 2.24) is 13.7 Å². The molecule has 0 saturated carbocycles. The minimum atomic E-state index is 1.01. The van der Waals surface area contributed by atoms with E-state index in [0.29, 0.717) is 0 Å². The minimum absolute atomic E-state index is 1.01. The lowest BCUT2D eigenvalue weighted by atomic mass is 9.91. The topological polar surface area (TPSA) is 14.8 Å². The lowest BCUT2D eigenvalue weighted by molar-refractivity contribution is 1.05. The summed E-state index contributed by atoms with van der Waals surface area (Å²) in [5, 5.41) is 7.49. The molecule has 3 aromatic heterocycles. The SMILES string of the molecule is C1=CCCC(c2cccc(-c3ccccc3)c2-n2c3ccccc3c3c(-n4c5ccccc5c5ccc(-n6c7ccccc7c7ccccc76)cc54)cccc32)=C1. The summed E-state index contributed by atoms with van der Waals surface area (Å²) < 4.78 is 7.48. The molecular formula is C54H37N3. The molecule has 0 spiro atoms. The number of hydrogen-bond donors (Lipinski definition) is 0. The molecule has 0 aliphatic heterocycles. The van der Waals surface area contributed by atoms with Crippen molar-refractivity contribution in [3.8, 4) is 28.2 Å². The fraction of sp³-hybridized carbons (Fsp3) is 0.0370. The van der Waals surface area contributed by atoms with Crippen LogP contribution in [0.1, 0.15) is 18.4 Å². The Balaban J connectivity index is 1.19. The Bertz CT molecular complexity index is 3400. The van der Waals surface area contributed by atoms with Gasteiger partial charge in [0, 0.05) is 49.1 Å². The van der Waals surface area contributed by atoms with Crippen molar-refractivity contribution >= 4 is 71.0 Å². The highest BCUT2D eigenvalue weighted by Crippen LogP contribution is 2.44. The number of benzene rings is 8. The van der Waals surface area contributed by atoms with E-state index in [2.05, 4.69) is 214 Å². The molecule has 8 aromatic carbocycles. The van der Waals surface area contributed by atoms with Crippen molar-refractivity contribution in [3.63, 3.8) is 0 Å². The molecule has 3 heteroatoms. The molecule has 1 aliphatic rings. The summed E-state index contributed by atoms with van der Waals surface area (Å²) in [6.45, 7) is 0. The predicted molar refractivity (Wildman–Crippen MR) is 241 cm³/mol. The number of allylic oxidation sites excluding steroid dienone is 4. The predicted octanol–water partition coefficient (Wildman–Crippen LogP) is 14.4. The van der Waals surface area contributed by atoms with E-state index in [1.807, 2.05) is 0 Å². The van der Waals surface area contributed by atoms with Crippen LogP contribution in [0.4, 0.5) is 0 Å². The molecule has 0 bridgehead atoms. The zero-order valence-corrected chi connectivity index (χ0v) is 31.3. The van der Waals surface area contributed by atoms with Crippen LogP contribution < -0.4 is 0 Å². The molecule has 12 rings (SSSR count). The first kappa shape index (κ1) is 31.9. The highest BCUT2D eigenvalue weighted by atomic mass is 15.0. The van der Waals surface area contributed by atoms with E-state index in [1.54, 1.807) is 0 Å². The summed E-state index contributed by atoms with van der Waals surface area (Å²) in [4.78, 5) is 0. The second kappa shape index (κ2) is 12.6. The van der Waals surface area contributed by atoms with Gasteiger partial charge in [-0.1, -0.05) is 152 Å². The zero-order chi connectivity index (χ0) is 37.5. The normalized spacial score (nSPS) is 13.2. The van der Waals surface area contributed by atoms with Gasteiger partial charge in [-0.3, -0.25) is 0 Å². The number of fused-ring (bicyclic) bond motifs is 9. The van der Waals surface area contributed by atoms with E-state index in [9.17, 15) is 0 Å². The van der Waals surface area contributed by atoms with Gasteiger partial charge in [-0.25, -0.2) is 0 Å². The largest absolute Gasteiger partial charge is 0.309 e. The standard InChI is InChI=1S/C54H37N3/c1-3-17-36(18-4-1)39-25-15-26-40(37-19-5-2-6-20-37)54(39)57-49-30-14-10-24-45(49)53-50(31-16-32-51(53)57)56-48-29-13-9-23-43(48)44-34-33-38(35-52(44)56)55-46-27-11-7-21-41(46)42-22-8-12-28-47(42)55/h1-5,7-19,21-35H,6,20H2. The lowest BCUT2D eigenvalue weighted by Crippen LogP contribution is -2.03. The van der Waals surface area contributed by atoms with Crippen LogP contribution in [-0.2, 0) is 0 Å². The van der Waals surface area contributed by atoms with Crippen molar-refractivity contribution in [2.24, 2.45) is 0 Å².